The van der Waals surface area contributed by atoms with Gasteiger partial charge in [0.2, 0.25) is 5.91 Å². The number of amides is 1. The molecule has 0 aromatic heterocycles. The van der Waals surface area contributed by atoms with Crippen molar-refractivity contribution in [2.45, 2.75) is 63.5 Å². The van der Waals surface area contributed by atoms with Crippen molar-refractivity contribution in [3.05, 3.63) is 34.9 Å². The first-order valence-electron chi connectivity index (χ1n) is 12.0. The van der Waals surface area contributed by atoms with Crippen LogP contribution in [0.15, 0.2) is 18.2 Å². The van der Waals surface area contributed by atoms with Crippen molar-refractivity contribution in [1.82, 2.24) is 4.90 Å². The number of hydrogen-bond acceptors (Lipinski definition) is 4. The smallest absolute Gasteiger partial charge is 0.379 e. The molecule has 0 bridgehead atoms. The van der Waals surface area contributed by atoms with E-state index in [0.29, 0.717) is 50.0 Å². The van der Waals surface area contributed by atoms with E-state index in [1.165, 1.54) is 6.07 Å². The maximum Gasteiger partial charge on any atom is 0.416 e. The third-order valence-electron chi connectivity index (χ3n) is 8.32. The van der Waals surface area contributed by atoms with Crippen molar-refractivity contribution in [3.8, 4) is 0 Å². The van der Waals surface area contributed by atoms with Crippen LogP contribution >= 0.6 is 0 Å². The Balaban J connectivity index is 1.31. The van der Waals surface area contributed by atoms with Gasteiger partial charge in [0, 0.05) is 33.4 Å². The van der Waals surface area contributed by atoms with Crippen molar-refractivity contribution in [1.29, 1.82) is 0 Å². The molecule has 1 aromatic carbocycles. The second kappa shape index (κ2) is 8.86. The quantitative estimate of drug-likeness (QED) is 0.666. The number of halogens is 3. The largest absolute Gasteiger partial charge is 0.416 e. The molecule has 5 atom stereocenters. The average Bonchev–Trinajstić information content (AvgIpc) is 3.35. The number of carbonyl (C=O) groups excluding carboxylic acids is 1. The molecule has 0 spiro atoms. The standard InChI is InChI=1S/C25H32F3NO4/c1-31-21-15-32-8-5-18(21)10-16-11-22-24(13-16,6-9-33-22)23(30)29-7-4-17-2-3-20(25(26,27)28)12-19(17)14-29/h2-3,12,16,18,21-22H,4-11,13-15H2,1H3/t16-,18?,21?,22-,24-/m1/s1. The molecule has 1 aliphatic carbocycles. The fourth-order valence-electron chi connectivity index (χ4n) is 6.58. The number of carbonyl (C=O) groups is 1. The summed E-state index contributed by atoms with van der Waals surface area (Å²) in [6, 6.07) is 3.91. The van der Waals surface area contributed by atoms with Crippen molar-refractivity contribution in [2.24, 2.45) is 17.3 Å². The minimum atomic E-state index is -4.38. The Morgan fingerprint density at radius 1 is 1.27 bits per heavy atom. The number of hydrogen-bond donors (Lipinski definition) is 0. The highest BCUT2D eigenvalue weighted by atomic mass is 19.4. The number of ether oxygens (including phenoxy) is 3. The minimum Gasteiger partial charge on any atom is -0.379 e. The summed E-state index contributed by atoms with van der Waals surface area (Å²) in [7, 11) is 1.72. The second-order valence-electron chi connectivity index (χ2n) is 10.2. The van der Waals surface area contributed by atoms with Gasteiger partial charge in [0.15, 0.2) is 0 Å². The molecule has 1 amide bonds. The van der Waals surface area contributed by atoms with Crippen LogP contribution in [0.25, 0.3) is 0 Å². The summed E-state index contributed by atoms with van der Waals surface area (Å²) in [6.45, 7) is 2.72. The van der Waals surface area contributed by atoms with E-state index in [9.17, 15) is 18.0 Å². The third kappa shape index (κ3) is 4.30. The molecule has 3 fully saturated rings. The van der Waals surface area contributed by atoms with Crippen molar-refractivity contribution in [2.75, 3.05) is 33.5 Å². The van der Waals surface area contributed by atoms with Gasteiger partial charge in [0.1, 0.15) is 0 Å². The van der Waals surface area contributed by atoms with Crippen LogP contribution in [0.2, 0.25) is 0 Å². The first-order valence-corrected chi connectivity index (χ1v) is 12.0. The Kier molecular flexibility index (Phi) is 6.20. The lowest BCUT2D eigenvalue weighted by atomic mass is 9.78. The van der Waals surface area contributed by atoms with Crippen LogP contribution in [0, 0.1) is 17.3 Å². The number of nitrogens with zero attached hydrogens (tertiary/aromatic N) is 1. The predicted octanol–water partition coefficient (Wildman–Crippen LogP) is 4.22. The SMILES string of the molecule is COC1COCCC1C[C@@H]1C[C@H]2OCC[C@@]2(C(=O)N2CCc3ccc(C(F)(F)F)cc3C2)C1. The maximum atomic E-state index is 13.8. The molecular weight excluding hydrogens is 435 g/mol. The highest BCUT2D eigenvalue weighted by Crippen LogP contribution is 2.53. The molecule has 1 aromatic rings. The lowest BCUT2D eigenvalue weighted by molar-refractivity contribution is -0.145. The Morgan fingerprint density at radius 3 is 2.91 bits per heavy atom. The normalized spacial score (nSPS) is 34.2. The van der Waals surface area contributed by atoms with E-state index >= 15 is 0 Å². The fraction of sp³-hybridized carbons (Fsp3) is 0.720. The zero-order valence-electron chi connectivity index (χ0n) is 19.0. The molecule has 5 rings (SSSR count). The van der Waals surface area contributed by atoms with Gasteiger partial charge in [0.25, 0.3) is 0 Å². The topological polar surface area (TPSA) is 48.0 Å². The van der Waals surface area contributed by atoms with E-state index in [-0.39, 0.29) is 24.7 Å². The Hall–Kier alpha value is -1.64. The number of fused-ring (bicyclic) bond motifs is 2. The summed E-state index contributed by atoms with van der Waals surface area (Å²) in [5.74, 6) is 0.863. The number of methoxy groups -OCH3 is 1. The van der Waals surface area contributed by atoms with E-state index < -0.39 is 17.2 Å². The first kappa shape index (κ1) is 23.1. The summed E-state index contributed by atoms with van der Waals surface area (Å²) in [5, 5.41) is 0. The van der Waals surface area contributed by atoms with E-state index in [0.717, 1.165) is 43.9 Å². The van der Waals surface area contributed by atoms with Crippen molar-refractivity contribution < 1.29 is 32.2 Å². The van der Waals surface area contributed by atoms with E-state index in [4.69, 9.17) is 14.2 Å². The van der Waals surface area contributed by atoms with Crippen molar-refractivity contribution in [3.63, 3.8) is 0 Å². The Bertz CT molecular complexity index is 891. The number of alkyl halides is 3. The van der Waals surface area contributed by atoms with E-state index in [2.05, 4.69) is 0 Å². The van der Waals surface area contributed by atoms with Crippen LogP contribution in [0.4, 0.5) is 13.2 Å². The van der Waals surface area contributed by atoms with Gasteiger partial charge in [-0.15, -0.1) is 0 Å². The van der Waals surface area contributed by atoms with Gasteiger partial charge in [-0.05, 0) is 73.6 Å². The van der Waals surface area contributed by atoms with E-state index in [1.54, 1.807) is 18.1 Å². The van der Waals surface area contributed by atoms with Gasteiger partial charge in [-0.1, -0.05) is 6.07 Å². The lowest BCUT2D eigenvalue weighted by Crippen LogP contribution is -2.47. The van der Waals surface area contributed by atoms with Crippen LogP contribution in [0.3, 0.4) is 0 Å². The zero-order valence-corrected chi connectivity index (χ0v) is 19.0. The van der Waals surface area contributed by atoms with Crippen molar-refractivity contribution >= 4 is 5.91 Å². The van der Waals surface area contributed by atoms with Gasteiger partial charge >= 0.3 is 6.18 Å². The second-order valence-corrected chi connectivity index (χ2v) is 10.2. The Morgan fingerprint density at radius 2 is 2.12 bits per heavy atom. The molecular formula is C25H32F3NO4. The van der Waals surface area contributed by atoms with Crippen LogP contribution in [0.1, 0.15) is 48.8 Å². The molecule has 33 heavy (non-hydrogen) atoms. The molecule has 0 N–H and O–H groups in total. The monoisotopic (exact) mass is 467 g/mol. The number of rotatable bonds is 4. The third-order valence-corrected chi connectivity index (χ3v) is 8.32. The molecule has 3 aliphatic heterocycles. The lowest BCUT2D eigenvalue weighted by Gasteiger charge is -2.37. The van der Waals surface area contributed by atoms with Crippen LogP contribution in [-0.2, 0) is 38.1 Å². The molecule has 5 nitrogen and oxygen atoms in total. The fourth-order valence-corrected chi connectivity index (χ4v) is 6.58. The summed E-state index contributed by atoms with van der Waals surface area (Å²) in [4.78, 5) is 15.6. The molecule has 8 heteroatoms. The van der Waals surface area contributed by atoms with Crippen LogP contribution in [0.5, 0.6) is 0 Å². The van der Waals surface area contributed by atoms with Gasteiger partial charge < -0.3 is 19.1 Å². The molecule has 1 saturated carbocycles. The molecule has 0 radical (unpaired) electrons. The summed E-state index contributed by atoms with van der Waals surface area (Å²) in [6.07, 6.45) is 0.501. The van der Waals surface area contributed by atoms with E-state index in [1.807, 2.05) is 0 Å². The highest BCUT2D eigenvalue weighted by Gasteiger charge is 2.57. The zero-order chi connectivity index (χ0) is 23.2. The van der Waals surface area contributed by atoms with Gasteiger partial charge in [-0.25, -0.2) is 0 Å². The summed E-state index contributed by atoms with van der Waals surface area (Å²) >= 11 is 0. The van der Waals surface area contributed by atoms with Crippen LogP contribution < -0.4 is 0 Å². The van der Waals surface area contributed by atoms with Crippen LogP contribution in [-0.4, -0.2) is 56.5 Å². The molecule has 182 valence electrons. The molecule has 3 heterocycles. The average molecular weight is 468 g/mol. The number of benzene rings is 1. The predicted molar refractivity (Wildman–Crippen MR) is 114 cm³/mol. The first-order chi connectivity index (χ1) is 15.8. The highest BCUT2D eigenvalue weighted by molar-refractivity contribution is 5.84. The molecule has 2 saturated heterocycles. The Labute approximate surface area is 192 Å². The minimum absolute atomic E-state index is 0.0610. The van der Waals surface area contributed by atoms with Gasteiger partial charge in [-0.2, -0.15) is 13.2 Å². The summed E-state index contributed by atoms with van der Waals surface area (Å²) < 4.78 is 56.9. The maximum absolute atomic E-state index is 13.8. The summed E-state index contributed by atoms with van der Waals surface area (Å²) in [5.41, 5.74) is 0.312. The molecule has 2 unspecified atom stereocenters. The molecule has 4 aliphatic rings. The van der Waals surface area contributed by atoms with Gasteiger partial charge in [0.05, 0.1) is 29.8 Å². The van der Waals surface area contributed by atoms with Gasteiger partial charge in [-0.3, -0.25) is 4.79 Å².